The molecule has 0 atom stereocenters. The van der Waals surface area contributed by atoms with Crippen LogP contribution in [0.15, 0.2) is 12.1 Å². The third-order valence-electron chi connectivity index (χ3n) is 2.28. The first kappa shape index (κ1) is 16.7. The molecule has 1 rings (SSSR count). The van der Waals surface area contributed by atoms with Crippen molar-refractivity contribution in [2.45, 2.75) is 19.7 Å². The van der Waals surface area contributed by atoms with E-state index in [1.165, 1.54) is 13.0 Å². The number of nitriles is 1. The maximum Gasteiger partial charge on any atom is 0.417 e. The molecular formula is C12H8F5NO3. The van der Waals surface area contributed by atoms with E-state index >= 15 is 0 Å². The number of benzene rings is 1. The Labute approximate surface area is 115 Å². The molecule has 0 saturated carbocycles. The highest BCUT2D eigenvalue weighted by molar-refractivity contribution is 5.96. The Morgan fingerprint density at radius 2 is 2.00 bits per heavy atom. The highest BCUT2D eigenvalue weighted by Gasteiger charge is 2.37. The van der Waals surface area contributed by atoms with Gasteiger partial charge in [-0.25, -0.2) is 4.79 Å². The fourth-order valence-electron chi connectivity index (χ4n) is 1.54. The van der Waals surface area contributed by atoms with Gasteiger partial charge in [-0.05, 0) is 19.1 Å². The maximum atomic E-state index is 12.8. The number of carbonyl (C=O) groups excluding carboxylic acids is 1. The number of hydrogen-bond acceptors (Lipinski definition) is 4. The van der Waals surface area contributed by atoms with Crippen LogP contribution in [0.25, 0.3) is 0 Å². The van der Waals surface area contributed by atoms with Gasteiger partial charge in [-0.1, -0.05) is 0 Å². The average Bonchev–Trinajstić information content (AvgIpc) is 2.36. The van der Waals surface area contributed by atoms with Crippen molar-refractivity contribution < 1.29 is 36.2 Å². The van der Waals surface area contributed by atoms with Crippen LogP contribution in [-0.2, 0) is 10.9 Å². The molecule has 9 heteroatoms. The minimum Gasteiger partial charge on any atom is -0.462 e. The summed E-state index contributed by atoms with van der Waals surface area (Å²) in [6.45, 7) is -2.22. The van der Waals surface area contributed by atoms with Gasteiger partial charge in [0.25, 0.3) is 0 Å². The van der Waals surface area contributed by atoms with E-state index in [1.807, 2.05) is 0 Å². The highest BCUT2D eigenvalue weighted by atomic mass is 19.4. The molecule has 0 spiro atoms. The molecule has 0 aliphatic heterocycles. The zero-order chi connectivity index (χ0) is 16.2. The molecule has 0 saturated heterocycles. The highest BCUT2D eigenvalue weighted by Crippen LogP contribution is 2.37. The van der Waals surface area contributed by atoms with E-state index < -0.39 is 41.2 Å². The van der Waals surface area contributed by atoms with Crippen molar-refractivity contribution in [3.05, 3.63) is 28.8 Å². The topological polar surface area (TPSA) is 59.3 Å². The summed E-state index contributed by atoms with van der Waals surface area (Å²) in [5.74, 6) is -2.20. The minimum atomic E-state index is -4.93. The van der Waals surface area contributed by atoms with Gasteiger partial charge >= 0.3 is 18.8 Å². The smallest absolute Gasteiger partial charge is 0.417 e. The van der Waals surface area contributed by atoms with Gasteiger partial charge in [0.05, 0.1) is 17.7 Å². The Bertz CT molecular complexity index is 577. The van der Waals surface area contributed by atoms with Crippen LogP contribution >= 0.6 is 0 Å². The number of nitrogens with zero attached hydrogens (tertiary/aromatic N) is 1. The standard InChI is InChI=1S/C12H8F5NO3/c1-2-20-10(19)9-6(5-18)7(12(15,16)17)3-4-8(9)21-11(13)14/h3-4,11H,2H2,1H3. The summed E-state index contributed by atoms with van der Waals surface area (Å²) in [7, 11) is 0. The van der Waals surface area contributed by atoms with E-state index in [2.05, 4.69) is 9.47 Å². The fourth-order valence-corrected chi connectivity index (χ4v) is 1.54. The number of ether oxygens (including phenoxy) is 2. The molecule has 21 heavy (non-hydrogen) atoms. The van der Waals surface area contributed by atoms with Gasteiger partial charge in [-0.15, -0.1) is 0 Å². The number of hydrogen-bond donors (Lipinski definition) is 0. The average molecular weight is 309 g/mol. The zero-order valence-electron chi connectivity index (χ0n) is 10.5. The summed E-state index contributed by atoms with van der Waals surface area (Å²) in [4.78, 5) is 11.6. The Hall–Kier alpha value is -2.37. The first-order chi connectivity index (χ1) is 9.72. The zero-order valence-corrected chi connectivity index (χ0v) is 10.5. The number of carbonyl (C=O) groups is 1. The largest absolute Gasteiger partial charge is 0.462 e. The predicted molar refractivity (Wildman–Crippen MR) is 58.7 cm³/mol. The van der Waals surface area contributed by atoms with Crippen LogP contribution in [0.1, 0.15) is 28.4 Å². The molecule has 0 aliphatic carbocycles. The lowest BCUT2D eigenvalue weighted by atomic mass is 10.0. The van der Waals surface area contributed by atoms with Gasteiger partial charge in [-0.3, -0.25) is 0 Å². The van der Waals surface area contributed by atoms with Crippen molar-refractivity contribution in [1.29, 1.82) is 5.26 Å². The first-order valence-electron chi connectivity index (χ1n) is 5.48. The summed E-state index contributed by atoms with van der Waals surface area (Å²) in [6, 6.07) is 2.11. The van der Waals surface area contributed by atoms with Crippen LogP contribution in [0.3, 0.4) is 0 Å². The van der Waals surface area contributed by atoms with Crippen LogP contribution in [0.2, 0.25) is 0 Å². The van der Waals surface area contributed by atoms with Crippen LogP contribution in [0, 0.1) is 11.3 Å². The van der Waals surface area contributed by atoms with E-state index in [4.69, 9.17) is 5.26 Å². The maximum absolute atomic E-state index is 12.8. The van der Waals surface area contributed by atoms with Crippen molar-refractivity contribution in [2.75, 3.05) is 6.61 Å². The molecule has 0 heterocycles. The van der Waals surface area contributed by atoms with Crippen molar-refractivity contribution >= 4 is 5.97 Å². The molecule has 1 aromatic rings. The molecular weight excluding hydrogens is 301 g/mol. The number of rotatable bonds is 4. The lowest BCUT2D eigenvalue weighted by molar-refractivity contribution is -0.137. The summed E-state index contributed by atoms with van der Waals surface area (Å²) in [6.07, 6.45) is -4.93. The normalized spacial score (nSPS) is 11.1. The van der Waals surface area contributed by atoms with E-state index in [1.54, 1.807) is 0 Å². The predicted octanol–water partition coefficient (Wildman–Crippen LogP) is 3.36. The molecule has 0 aliphatic rings. The Balaban J connectivity index is 3.57. The molecule has 0 radical (unpaired) electrons. The third kappa shape index (κ3) is 3.81. The quantitative estimate of drug-likeness (QED) is 0.632. The van der Waals surface area contributed by atoms with E-state index in [-0.39, 0.29) is 6.61 Å². The lowest BCUT2D eigenvalue weighted by Crippen LogP contribution is -2.17. The SMILES string of the molecule is CCOC(=O)c1c(OC(F)F)ccc(C(F)(F)F)c1C#N. The van der Waals surface area contributed by atoms with E-state index in [9.17, 15) is 26.7 Å². The van der Waals surface area contributed by atoms with Crippen molar-refractivity contribution in [3.63, 3.8) is 0 Å². The summed E-state index contributed by atoms with van der Waals surface area (Å²) < 4.78 is 71.2. The van der Waals surface area contributed by atoms with Crippen LogP contribution < -0.4 is 4.74 Å². The second-order valence-corrected chi connectivity index (χ2v) is 3.57. The van der Waals surface area contributed by atoms with E-state index in [0.29, 0.717) is 12.1 Å². The molecule has 4 nitrogen and oxygen atoms in total. The van der Waals surface area contributed by atoms with Crippen molar-refractivity contribution in [3.8, 4) is 11.8 Å². The van der Waals surface area contributed by atoms with Gasteiger partial charge in [-0.2, -0.15) is 27.2 Å². The Morgan fingerprint density at radius 1 is 1.38 bits per heavy atom. The number of halogens is 5. The molecule has 0 unspecified atom stereocenters. The number of esters is 1. The summed E-state index contributed by atoms with van der Waals surface area (Å²) >= 11 is 0. The van der Waals surface area contributed by atoms with Gasteiger partial charge in [0.15, 0.2) is 0 Å². The van der Waals surface area contributed by atoms with E-state index in [0.717, 1.165) is 0 Å². The van der Waals surface area contributed by atoms with Gasteiger partial charge in [0, 0.05) is 0 Å². The fraction of sp³-hybridized carbons (Fsp3) is 0.333. The molecule has 114 valence electrons. The van der Waals surface area contributed by atoms with Crippen molar-refractivity contribution in [2.24, 2.45) is 0 Å². The van der Waals surface area contributed by atoms with Crippen LogP contribution in [0.5, 0.6) is 5.75 Å². The van der Waals surface area contributed by atoms with Crippen LogP contribution in [-0.4, -0.2) is 19.2 Å². The molecule has 0 fully saturated rings. The summed E-state index contributed by atoms with van der Waals surface area (Å²) in [5, 5.41) is 8.84. The lowest BCUT2D eigenvalue weighted by Gasteiger charge is -2.15. The van der Waals surface area contributed by atoms with Gasteiger partial charge in [0.1, 0.15) is 17.4 Å². The molecule has 0 bridgehead atoms. The molecule has 0 N–H and O–H groups in total. The van der Waals surface area contributed by atoms with Crippen molar-refractivity contribution in [1.82, 2.24) is 0 Å². The third-order valence-corrected chi connectivity index (χ3v) is 2.28. The number of alkyl halides is 5. The first-order valence-corrected chi connectivity index (χ1v) is 5.48. The monoisotopic (exact) mass is 309 g/mol. The molecule has 0 aromatic heterocycles. The minimum absolute atomic E-state index is 0.214. The summed E-state index contributed by atoms with van der Waals surface area (Å²) in [5.41, 5.74) is -3.54. The Kier molecular flexibility index (Phi) is 5.07. The second-order valence-electron chi connectivity index (χ2n) is 3.57. The second kappa shape index (κ2) is 6.39. The molecule has 1 aromatic carbocycles. The van der Waals surface area contributed by atoms with Gasteiger partial charge in [0.2, 0.25) is 0 Å². The molecule has 0 amide bonds. The van der Waals surface area contributed by atoms with Gasteiger partial charge < -0.3 is 9.47 Å². The Morgan fingerprint density at radius 3 is 2.43 bits per heavy atom. The van der Waals surface area contributed by atoms with Crippen LogP contribution in [0.4, 0.5) is 22.0 Å².